The van der Waals surface area contributed by atoms with Gasteiger partial charge >= 0.3 is 12.0 Å². The van der Waals surface area contributed by atoms with Crippen LogP contribution in [0.15, 0.2) is 18.2 Å². The van der Waals surface area contributed by atoms with Gasteiger partial charge in [0, 0.05) is 18.7 Å². The molecule has 0 spiro atoms. The molecule has 1 fully saturated rings. The fourth-order valence-corrected chi connectivity index (χ4v) is 2.56. The van der Waals surface area contributed by atoms with Crippen LogP contribution < -0.4 is 5.32 Å². The third-order valence-corrected chi connectivity index (χ3v) is 3.84. The average molecular weight is 313 g/mol. The summed E-state index contributed by atoms with van der Waals surface area (Å²) in [7, 11) is 1.66. The van der Waals surface area contributed by atoms with Gasteiger partial charge in [0.1, 0.15) is 0 Å². The maximum Gasteiger partial charge on any atom is 0.337 e. The lowest BCUT2D eigenvalue weighted by atomic mass is 10.1. The number of halogens is 1. The maximum atomic E-state index is 12.3. The number of likely N-dealkylation sites (N-methyl/N-ethyl adjacent to an activating group) is 1. The monoisotopic (exact) mass is 312 g/mol. The van der Waals surface area contributed by atoms with E-state index in [1.807, 2.05) is 6.92 Å². The van der Waals surface area contributed by atoms with Crippen molar-refractivity contribution >= 4 is 29.3 Å². The predicted octanol–water partition coefficient (Wildman–Crippen LogP) is 2.68. The van der Waals surface area contributed by atoms with Crippen molar-refractivity contribution in [2.45, 2.75) is 25.5 Å². The highest BCUT2D eigenvalue weighted by Crippen LogP contribution is 2.23. The van der Waals surface area contributed by atoms with Crippen LogP contribution in [-0.2, 0) is 4.74 Å². The Morgan fingerprint density at radius 2 is 2.19 bits per heavy atom. The van der Waals surface area contributed by atoms with E-state index >= 15 is 0 Å². The molecule has 1 saturated heterocycles. The smallest absolute Gasteiger partial charge is 0.337 e. The summed E-state index contributed by atoms with van der Waals surface area (Å²) in [5, 5.41) is 12.1. The molecular formula is C14H17ClN2O4. The molecule has 0 bridgehead atoms. The number of hydrogen-bond acceptors (Lipinski definition) is 3. The number of benzene rings is 1. The maximum absolute atomic E-state index is 12.3. The Balaban J connectivity index is 2.15. The van der Waals surface area contributed by atoms with Gasteiger partial charge in [0.05, 0.1) is 23.4 Å². The van der Waals surface area contributed by atoms with Crippen molar-refractivity contribution in [3.05, 3.63) is 28.8 Å². The number of amides is 2. The normalized spacial score (nSPS) is 21.1. The summed E-state index contributed by atoms with van der Waals surface area (Å²) in [6.45, 7) is 2.52. The van der Waals surface area contributed by atoms with Crippen LogP contribution in [-0.4, -0.2) is 47.8 Å². The lowest BCUT2D eigenvalue weighted by Crippen LogP contribution is -2.43. The topological polar surface area (TPSA) is 78.9 Å². The molecule has 6 nitrogen and oxygen atoms in total. The summed E-state index contributed by atoms with van der Waals surface area (Å²) < 4.78 is 5.43. The van der Waals surface area contributed by atoms with E-state index in [2.05, 4.69) is 5.32 Å². The fraction of sp³-hybridized carbons (Fsp3) is 0.429. The molecule has 0 aromatic heterocycles. The van der Waals surface area contributed by atoms with Gasteiger partial charge in [0.2, 0.25) is 0 Å². The Morgan fingerprint density at radius 1 is 1.48 bits per heavy atom. The van der Waals surface area contributed by atoms with Crippen LogP contribution in [0.2, 0.25) is 5.02 Å². The Morgan fingerprint density at radius 3 is 2.76 bits per heavy atom. The number of ether oxygens (including phenoxy) is 1. The molecule has 1 aliphatic heterocycles. The molecule has 2 unspecified atom stereocenters. The Hall–Kier alpha value is -1.79. The van der Waals surface area contributed by atoms with E-state index in [-0.39, 0.29) is 29.4 Å². The molecule has 0 radical (unpaired) electrons. The summed E-state index contributed by atoms with van der Waals surface area (Å²) in [4.78, 5) is 25.0. The molecule has 21 heavy (non-hydrogen) atoms. The van der Waals surface area contributed by atoms with Gasteiger partial charge in [0.25, 0.3) is 0 Å². The van der Waals surface area contributed by atoms with E-state index < -0.39 is 5.97 Å². The van der Waals surface area contributed by atoms with Gasteiger partial charge in [0.15, 0.2) is 0 Å². The summed E-state index contributed by atoms with van der Waals surface area (Å²) in [5.41, 5.74) is 0.176. The standard InChI is InChI=1S/C14H17ClN2O4/c1-8-12(5-6-21-8)17(2)14(20)16-11-7-9(15)3-4-10(11)13(18)19/h3-4,7-8,12H,5-6H2,1-2H3,(H,16,20)(H,18,19). The molecule has 2 atom stereocenters. The molecule has 2 N–H and O–H groups in total. The lowest BCUT2D eigenvalue weighted by Gasteiger charge is -2.27. The number of nitrogens with one attached hydrogen (secondary N) is 1. The van der Waals surface area contributed by atoms with Crippen LogP contribution in [0.25, 0.3) is 0 Å². The van der Waals surface area contributed by atoms with Gasteiger partial charge in [-0.05, 0) is 31.5 Å². The van der Waals surface area contributed by atoms with Crippen molar-refractivity contribution in [3.63, 3.8) is 0 Å². The van der Waals surface area contributed by atoms with Gasteiger partial charge in [-0.1, -0.05) is 11.6 Å². The third kappa shape index (κ3) is 3.46. The molecule has 7 heteroatoms. The van der Waals surface area contributed by atoms with E-state index in [4.69, 9.17) is 21.4 Å². The van der Waals surface area contributed by atoms with Crippen LogP contribution in [0.5, 0.6) is 0 Å². The highest BCUT2D eigenvalue weighted by Gasteiger charge is 2.31. The van der Waals surface area contributed by atoms with Gasteiger partial charge in [-0.15, -0.1) is 0 Å². The second-order valence-corrected chi connectivity index (χ2v) is 5.40. The molecule has 0 aliphatic carbocycles. The highest BCUT2D eigenvalue weighted by molar-refractivity contribution is 6.31. The number of rotatable bonds is 3. The Labute approximate surface area is 127 Å². The van der Waals surface area contributed by atoms with Crippen molar-refractivity contribution in [2.75, 3.05) is 19.0 Å². The number of carboxylic acid groups (broad SMARTS) is 1. The lowest BCUT2D eigenvalue weighted by molar-refractivity contribution is 0.0698. The SMILES string of the molecule is CC1OCCC1N(C)C(=O)Nc1cc(Cl)ccc1C(=O)O. The van der Waals surface area contributed by atoms with Crippen molar-refractivity contribution in [1.29, 1.82) is 0 Å². The molecule has 2 amide bonds. The van der Waals surface area contributed by atoms with E-state index in [1.54, 1.807) is 7.05 Å². The first kappa shape index (κ1) is 15.6. The van der Waals surface area contributed by atoms with Gasteiger partial charge in [-0.25, -0.2) is 9.59 Å². The van der Waals surface area contributed by atoms with E-state index in [1.165, 1.54) is 23.1 Å². The molecule has 1 aromatic carbocycles. The minimum absolute atomic E-state index is 0.00290. The number of aromatic carboxylic acids is 1. The van der Waals surface area contributed by atoms with Crippen LogP contribution in [0.4, 0.5) is 10.5 Å². The summed E-state index contributed by atoms with van der Waals surface area (Å²) in [6.07, 6.45) is 0.714. The van der Waals surface area contributed by atoms with Gasteiger partial charge in [-0.3, -0.25) is 0 Å². The van der Waals surface area contributed by atoms with Crippen LogP contribution in [0, 0.1) is 0 Å². The van der Waals surface area contributed by atoms with Crippen molar-refractivity contribution in [2.24, 2.45) is 0 Å². The van der Waals surface area contributed by atoms with E-state index in [0.29, 0.717) is 11.6 Å². The summed E-state index contributed by atoms with van der Waals surface area (Å²) >= 11 is 5.86. The molecule has 0 saturated carbocycles. The number of hydrogen-bond donors (Lipinski definition) is 2. The average Bonchev–Trinajstić information content (AvgIpc) is 2.83. The molecule has 1 heterocycles. The molecule has 114 valence electrons. The number of carboxylic acids is 1. The van der Waals surface area contributed by atoms with Crippen molar-refractivity contribution < 1.29 is 19.4 Å². The zero-order chi connectivity index (χ0) is 15.6. The zero-order valence-electron chi connectivity index (χ0n) is 11.8. The van der Waals surface area contributed by atoms with Crippen LogP contribution in [0.1, 0.15) is 23.7 Å². The fourth-order valence-electron chi connectivity index (χ4n) is 2.39. The number of anilines is 1. The summed E-state index contributed by atoms with van der Waals surface area (Å²) in [6, 6.07) is 3.84. The number of carbonyl (C=O) groups is 2. The molecule has 1 aliphatic rings. The number of urea groups is 1. The third-order valence-electron chi connectivity index (χ3n) is 3.61. The van der Waals surface area contributed by atoms with Crippen molar-refractivity contribution in [1.82, 2.24) is 4.90 Å². The minimum Gasteiger partial charge on any atom is -0.478 e. The van der Waals surface area contributed by atoms with Gasteiger partial charge < -0.3 is 20.1 Å². The van der Waals surface area contributed by atoms with Crippen molar-refractivity contribution in [3.8, 4) is 0 Å². The Kier molecular flexibility index (Phi) is 4.69. The largest absolute Gasteiger partial charge is 0.478 e. The molecular weight excluding hydrogens is 296 g/mol. The van der Waals surface area contributed by atoms with E-state index in [9.17, 15) is 9.59 Å². The quantitative estimate of drug-likeness (QED) is 0.899. The Bertz CT molecular complexity index is 564. The first-order valence-electron chi connectivity index (χ1n) is 6.58. The first-order chi connectivity index (χ1) is 9.90. The zero-order valence-corrected chi connectivity index (χ0v) is 12.6. The summed E-state index contributed by atoms with van der Waals surface area (Å²) in [5.74, 6) is -1.12. The molecule has 1 aromatic rings. The van der Waals surface area contributed by atoms with Crippen LogP contribution in [0.3, 0.4) is 0 Å². The highest BCUT2D eigenvalue weighted by atomic mass is 35.5. The second kappa shape index (κ2) is 6.32. The minimum atomic E-state index is -1.12. The second-order valence-electron chi connectivity index (χ2n) is 4.97. The van der Waals surface area contributed by atoms with E-state index in [0.717, 1.165) is 6.42 Å². The molecule has 2 rings (SSSR count). The van der Waals surface area contributed by atoms with Gasteiger partial charge in [-0.2, -0.15) is 0 Å². The predicted molar refractivity (Wildman–Crippen MR) is 79.0 cm³/mol. The number of nitrogens with zero attached hydrogens (tertiary/aromatic N) is 1. The first-order valence-corrected chi connectivity index (χ1v) is 6.96. The van der Waals surface area contributed by atoms with Crippen LogP contribution >= 0.6 is 11.6 Å². The number of carbonyl (C=O) groups excluding carboxylic acids is 1.